The Morgan fingerprint density at radius 2 is 2.05 bits per heavy atom. The Morgan fingerprint density at radius 1 is 1.32 bits per heavy atom. The van der Waals surface area contributed by atoms with Crippen LogP contribution in [0.4, 0.5) is 13.2 Å². The lowest BCUT2D eigenvalue weighted by molar-refractivity contribution is -0.179. The van der Waals surface area contributed by atoms with Gasteiger partial charge < -0.3 is 0 Å². The van der Waals surface area contributed by atoms with Gasteiger partial charge in [-0.25, -0.2) is 0 Å². The van der Waals surface area contributed by atoms with Crippen LogP contribution in [0.15, 0.2) is 24.4 Å². The van der Waals surface area contributed by atoms with Gasteiger partial charge in [0, 0.05) is 6.20 Å². The van der Waals surface area contributed by atoms with Crippen LogP contribution in [-0.2, 0) is 5.54 Å². The van der Waals surface area contributed by atoms with Gasteiger partial charge >= 0.3 is 6.18 Å². The topological polar surface area (TPSA) is 46.5 Å². The van der Waals surface area contributed by atoms with E-state index in [2.05, 4.69) is 15.2 Å². The normalized spacial score (nSPS) is 17.4. The molecule has 0 bridgehead atoms. The molecule has 1 saturated carbocycles. The molecule has 19 heavy (non-hydrogen) atoms. The third kappa shape index (κ3) is 1.78. The highest BCUT2D eigenvalue weighted by molar-refractivity contribution is 7.71. The van der Waals surface area contributed by atoms with Gasteiger partial charge in [-0.1, -0.05) is 6.07 Å². The molecular formula is C11H9F3N4S. The van der Waals surface area contributed by atoms with Crippen molar-refractivity contribution in [1.29, 1.82) is 0 Å². The summed E-state index contributed by atoms with van der Waals surface area (Å²) in [5.41, 5.74) is -1.56. The molecule has 1 aliphatic rings. The highest BCUT2D eigenvalue weighted by atomic mass is 32.1. The summed E-state index contributed by atoms with van der Waals surface area (Å²) >= 11 is 4.95. The first-order valence-corrected chi connectivity index (χ1v) is 6.02. The van der Waals surface area contributed by atoms with Crippen LogP contribution in [0.25, 0.3) is 11.5 Å². The molecule has 0 radical (unpaired) electrons. The molecule has 0 saturated heterocycles. The maximum atomic E-state index is 13.2. The van der Waals surface area contributed by atoms with Gasteiger partial charge in [-0.3, -0.25) is 14.6 Å². The number of hydrogen-bond donors (Lipinski definition) is 1. The van der Waals surface area contributed by atoms with Crippen molar-refractivity contribution >= 4 is 12.2 Å². The molecule has 2 heterocycles. The zero-order valence-electron chi connectivity index (χ0n) is 9.61. The fourth-order valence-electron chi connectivity index (χ4n) is 2.11. The standard InChI is InChI=1S/C11H9F3N4S/c12-11(13,14)10(4-5-10)18-8(16-17-9(18)19)7-3-1-2-6-15-7/h1-3,6H,4-5H2,(H,17,19). The Morgan fingerprint density at radius 3 is 2.58 bits per heavy atom. The summed E-state index contributed by atoms with van der Waals surface area (Å²) in [5, 5.41) is 6.32. The number of nitrogens with zero attached hydrogens (tertiary/aromatic N) is 3. The summed E-state index contributed by atoms with van der Waals surface area (Å²) in [7, 11) is 0. The third-order valence-electron chi connectivity index (χ3n) is 3.25. The van der Waals surface area contributed by atoms with Gasteiger partial charge in [0.25, 0.3) is 0 Å². The predicted octanol–water partition coefficient (Wildman–Crippen LogP) is 3.05. The highest BCUT2D eigenvalue weighted by Gasteiger charge is 2.66. The van der Waals surface area contributed by atoms with Crippen LogP contribution in [0.1, 0.15) is 12.8 Å². The zero-order chi connectivity index (χ0) is 13.7. The number of nitrogens with one attached hydrogen (secondary N) is 1. The van der Waals surface area contributed by atoms with Crippen LogP contribution < -0.4 is 0 Å². The lowest BCUT2D eigenvalue weighted by atomic mass is 10.2. The summed E-state index contributed by atoms with van der Waals surface area (Å²) in [6.07, 6.45) is -2.81. The van der Waals surface area contributed by atoms with Gasteiger partial charge in [0.05, 0.1) is 0 Å². The van der Waals surface area contributed by atoms with Crippen molar-refractivity contribution in [3.05, 3.63) is 29.2 Å². The van der Waals surface area contributed by atoms with Crippen molar-refractivity contribution in [3.63, 3.8) is 0 Å². The van der Waals surface area contributed by atoms with E-state index in [1.807, 2.05) is 0 Å². The quantitative estimate of drug-likeness (QED) is 0.863. The van der Waals surface area contributed by atoms with E-state index in [9.17, 15) is 13.2 Å². The van der Waals surface area contributed by atoms with Crippen LogP contribution in [0, 0.1) is 4.77 Å². The Hall–Kier alpha value is -1.70. The lowest BCUT2D eigenvalue weighted by Crippen LogP contribution is -2.35. The summed E-state index contributed by atoms with van der Waals surface area (Å²) in [4.78, 5) is 4.03. The molecule has 0 aliphatic heterocycles. The molecule has 0 unspecified atom stereocenters. The second kappa shape index (κ2) is 3.89. The lowest BCUT2D eigenvalue weighted by Gasteiger charge is -2.21. The monoisotopic (exact) mass is 286 g/mol. The van der Waals surface area contributed by atoms with Crippen LogP contribution in [-0.4, -0.2) is 25.9 Å². The van der Waals surface area contributed by atoms with Crippen LogP contribution in [0.2, 0.25) is 0 Å². The number of H-pyrrole nitrogens is 1. The molecule has 3 rings (SSSR count). The van der Waals surface area contributed by atoms with E-state index >= 15 is 0 Å². The minimum absolute atomic E-state index is 0.0180. The molecule has 1 aliphatic carbocycles. The number of rotatable bonds is 2. The molecule has 2 aromatic heterocycles. The number of pyridine rings is 1. The molecule has 0 spiro atoms. The molecule has 0 atom stereocenters. The number of hydrogen-bond acceptors (Lipinski definition) is 3. The molecule has 8 heteroatoms. The second-order valence-electron chi connectivity index (χ2n) is 4.43. The SMILES string of the molecule is FC(F)(F)C1(n2c(-c3ccccn3)n[nH]c2=S)CC1. The third-order valence-corrected chi connectivity index (χ3v) is 3.52. The van der Waals surface area contributed by atoms with Crippen molar-refractivity contribution in [2.45, 2.75) is 24.6 Å². The maximum absolute atomic E-state index is 13.2. The summed E-state index contributed by atoms with van der Waals surface area (Å²) in [5.74, 6) is 0.125. The van der Waals surface area contributed by atoms with Gasteiger partial charge in [-0.15, -0.1) is 0 Å². The predicted molar refractivity (Wildman–Crippen MR) is 63.9 cm³/mol. The van der Waals surface area contributed by atoms with Crippen LogP contribution >= 0.6 is 12.2 Å². The van der Waals surface area contributed by atoms with Crippen molar-refractivity contribution in [2.24, 2.45) is 0 Å². The number of aromatic nitrogens is 4. The Balaban J connectivity index is 2.19. The van der Waals surface area contributed by atoms with Crippen molar-refractivity contribution in [1.82, 2.24) is 19.7 Å². The van der Waals surface area contributed by atoms with Crippen LogP contribution in [0.5, 0.6) is 0 Å². The summed E-state index contributed by atoms with van der Waals surface area (Å²) < 4.78 is 40.6. The zero-order valence-corrected chi connectivity index (χ0v) is 10.4. The fraction of sp³-hybridized carbons (Fsp3) is 0.364. The van der Waals surface area contributed by atoms with Gasteiger partial charge in [0.2, 0.25) is 0 Å². The first kappa shape index (κ1) is 12.3. The van der Waals surface area contributed by atoms with E-state index < -0.39 is 11.7 Å². The van der Waals surface area contributed by atoms with Crippen molar-refractivity contribution in [2.75, 3.05) is 0 Å². The largest absolute Gasteiger partial charge is 0.412 e. The first-order valence-electron chi connectivity index (χ1n) is 5.62. The van der Waals surface area contributed by atoms with Gasteiger partial charge in [-0.2, -0.15) is 18.3 Å². The Kier molecular flexibility index (Phi) is 2.53. The molecule has 1 N–H and O–H groups in total. The van der Waals surface area contributed by atoms with E-state index in [1.54, 1.807) is 18.2 Å². The molecule has 0 aromatic carbocycles. The highest BCUT2D eigenvalue weighted by Crippen LogP contribution is 2.56. The number of aromatic amines is 1. The van der Waals surface area contributed by atoms with Crippen molar-refractivity contribution < 1.29 is 13.2 Å². The minimum atomic E-state index is -4.35. The fourth-order valence-corrected chi connectivity index (χ4v) is 2.42. The average Bonchev–Trinajstić information content (AvgIpc) is 3.09. The molecule has 2 aromatic rings. The number of halogens is 3. The van der Waals surface area contributed by atoms with Gasteiger partial charge in [-0.05, 0) is 37.2 Å². The molecule has 100 valence electrons. The number of alkyl halides is 3. The van der Waals surface area contributed by atoms with Crippen LogP contribution in [0.3, 0.4) is 0 Å². The summed E-state index contributed by atoms with van der Waals surface area (Å²) in [6, 6.07) is 4.98. The molecular weight excluding hydrogens is 277 g/mol. The smallest absolute Gasteiger partial charge is 0.283 e. The maximum Gasteiger partial charge on any atom is 0.412 e. The van der Waals surface area contributed by atoms with E-state index in [0.717, 1.165) is 4.57 Å². The van der Waals surface area contributed by atoms with Crippen molar-refractivity contribution in [3.8, 4) is 11.5 Å². The molecule has 4 nitrogen and oxygen atoms in total. The Labute approximate surface area is 111 Å². The van der Waals surface area contributed by atoms with E-state index in [4.69, 9.17) is 12.2 Å². The first-order chi connectivity index (χ1) is 8.96. The second-order valence-corrected chi connectivity index (χ2v) is 4.82. The minimum Gasteiger partial charge on any atom is -0.283 e. The van der Waals surface area contributed by atoms with E-state index in [-0.39, 0.29) is 23.4 Å². The van der Waals surface area contributed by atoms with E-state index in [0.29, 0.717) is 5.69 Å². The van der Waals surface area contributed by atoms with E-state index in [1.165, 1.54) is 6.20 Å². The van der Waals surface area contributed by atoms with Gasteiger partial charge in [0.1, 0.15) is 11.2 Å². The molecule has 1 fully saturated rings. The summed E-state index contributed by atoms with van der Waals surface area (Å²) in [6.45, 7) is 0. The average molecular weight is 286 g/mol. The van der Waals surface area contributed by atoms with Gasteiger partial charge in [0.15, 0.2) is 10.6 Å². The molecule has 0 amide bonds. The Bertz CT molecular complexity index is 655.